The first-order chi connectivity index (χ1) is 10.7. The van der Waals surface area contributed by atoms with Crippen LogP contribution in [-0.2, 0) is 0 Å². The van der Waals surface area contributed by atoms with E-state index < -0.39 is 6.17 Å². The Labute approximate surface area is 137 Å². The van der Waals surface area contributed by atoms with Crippen LogP contribution in [0.1, 0.15) is 90.9 Å². The largest absolute Gasteiger partial charge is 0.247 e. The van der Waals surface area contributed by atoms with E-state index in [1.807, 2.05) is 0 Å². The van der Waals surface area contributed by atoms with Crippen LogP contribution in [-0.4, -0.2) is 6.17 Å². The maximum atomic E-state index is 14.9. The minimum absolute atomic E-state index is 0.413. The minimum Gasteiger partial charge on any atom is -0.247 e. The van der Waals surface area contributed by atoms with E-state index in [0.29, 0.717) is 17.8 Å². The second-order valence-electron chi connectivity index (χ2n) is 8.96. The van der Waals surface area contributed by atoms with E-state index >= 15 is 0 Å². The first-order valence-corrected chi connectivity index (χ1v) is 10.3. The molecule has 0 aliphatic heterocycles. The molecule has 3 fully saturated rings. The van der Waals surface area contributed by atoms with Crippen molar-refractivity contribution in [3.63, 3.8) is 0 Å². The van der Waals surface area contributed by atoms with Crippen molar-refractivity contribution in [2.24, 2.45) is 35.5 Å². The molecule has 1 heteroatoms. The van der Waals surface area contributed by atoms with Crippen LogP contribution in [0.25, 0.3) is 0 Å². The van der Waals surface area contributed by atoms with Crippen molar-refractivity contribution < 1.29 is 4.39 Å². The quantitative estimate of drug-likeness (QED) is 0.539. The molecule has 0 aromatic heterocycles. The maximum absolute atomic E-state index is 14.9. The van der Waals surface area contributed by atoms with Gasteiger partial charge in [0.1, 0.15) is 6.17 Å². The molecule has 3 saturated carbocycles. The van der Waals surface area contributed by atoms with Crippen LogP contribution in [0, 0.1) is 35.5 Å². The second-order valence-corrected chi connectivity index (χ2v) is 8.96. The van der Waals surface area contributed by atoms with E-state index in [1.165, 1.54) is 70.6 Å². The van der Waals surface area contributed by atoms with Gasteiger partial charge in [0.15, 0.2) is 0 Å². The fourth-order valence-electron chi connectivity index (χ4n) is 5.91. The van der Waals surface area contributed by atoms with Crippen LogP contribution in [0.3, 0.4) is 0 Å². The van der Waals surface area contributed by atoms with Gasteiger partial charge in [-0.3, -0.25) is 0 Å². The Morgan fingerprint density at radius 1 is 0.727 bits per heavy atom. The van der Waals surface area contributed by atoms with Crippen molar-refractivity contribution in [3.8, 4) is 0 Å². The van der Waals surface area contributed by atoms with Crippen LogP contribution < -0.4 is 0 Å². The Balaban J connectivity index is 1.48. The fraction of sp³-hybridized carbons (Fsp3) is 1.00. The Hall–Kier alpha value is -0.0700. The summed E-state index contributed by atoms with van der Waals surface area (Å²) >= 11 is 0. The standard InChI is InChI=1S/C21H37F/c1-3-16-6-10-17(11-7-16)19-12-13-20(21(22)14-19)18-8-4-15(2)5-9-18/h15-21H,3-14H2,1-2H3. The van der Waals surface area contributed by atoms with Gasteiger partial charge in [-0.2, -0.15) is 0 Å². The summed E-state index contributed by atoms with van der Waals surface area (Å²) in [6, 6.07) is 0. The molecular formula is C21H37F. The molecular weight excluding hydrogens is 271 g/mol. The molecule has 0 bridgehead atoms. The van der Waals surface area contributed by atoms with Gasteiger partial charge in [0.25, 0.3) is 0 Å². The molecule has 0 spiro atoms. The van der Waals surface area contributed by atoms with Crippen molar-refractivity contribution in [2.75, 3.05) is 0 Å². The second kappa shape index (κ2) is 7.67. The van der Waals surface area contributed by atoms with Crippen molar-refractivity contribution in [1.29, 1.82) is 0 Å². The van der Waals surface area contributed by atoms with E-state index in [1.54, 1.807) is 0 Å². The Kier molecular flexibility index (Phi) is 5.85. The predicted octanol–water partition coefficient (Wildman–Crippen LogP) is 6.78. The highest BCUT2D eigenvalue weighted by atomic mass is 19.1. The van der Waals surface area contributed by atoms with Gasteiger partial charge in [-0.05, 0) is 80.5 Å². The molecule has 0 amide bonds. The summed E-state index contributed by atoms with van der Waals surface area (Å²) in [5, 5.41) is 0. The lowest BCUT2D eigenvalue weighted by Crippen LogP contribution is -2.36. The van der Waals surface area contributed by atoms with Gasteiger partial charge in [0.05, 0.1) is 0 Å². The SMILES string of the molecule is CCC1CCC(C2CCC(C3CCC(C)CC3)C(F)C2)CC1. The van der Waals surface area contributed by atoms with Crippen LogP contribution in [0.2, 0.25) is 0 Å². The van der Waals surface area contributed by atoms with Gasteiger partial charge < -0.3 is 0 Å². The molecule has 3 rings (SSSR count). The monoisotopic (exact) mass is 308 g/mol. The molecule has 3 atom stereocenters. The third-order valence-electron chi connectivity index (χ3n) is 7.66. The Morgan fingerprint density at radius 3 is 1.91 bits per heavy atom. The van der Waals surface area contributed by atoms with Crippen molar-refractivity contribution in [1.82, 2.24) is 0 Å². The lowest BCUT2D eigenvalue weighted by molar-refractivity contribution is 0.0342. The molecule has 0 heterocycles. The summed E-state index contributed by atoms with van der Waals surface area (Å²) in [6.07, 6.45) is 15.2. The van der Waals surface area contributed by atoms with Crippen LogP contribution in [0.4, 0.5) is 4.39 Å². The number of halogens is 1. The van der Waals surface area contributed by atoms with Gasteiger partial charge in [-0.1, -0.05) is 46.0 Å². The zero-order chi connectivity index (χ0) is 15.5. The summed E-state index contributed by atoms with van der Waals surface area (Å²) in [5.41, 5.74) is 0. The molecule has 128 valence electrons. The number of alkyl halides is 1. The summed E-state index contributed by atoms with van der Waals surface area (Å²) in [5.74, 6) is 4.55. The van der Waals surface area contributed by atoms with Gasteiger partial charge in [-0.25, -0.2) is 4.39 Å². The van der Waals surface area contributed by atoms with Crippen LogP contribution in [0.15, 0.2) is 0 Å². The molecule has 0 saturated heterocycles. The van der Waals surface area contributed by atoms with Crippen LogP contribution in [0.5, 0.6) is 0 Å². The molecule has 0 aromatic rings. The highest BCUT2D eigenvalue weighted by molar-refractivity contribution is 4.89. The minimum atomic E-state index is -0.485. The van der Waals surface area contributed by atoms with Gasteiger partial charge in [-0.15, -0.1) is 0 Å². The lowest BCUT2D eigenvalue weighted by Gasteiger charge is -2.42. The van der Waals surface area contributed by atoms with Crippen LogP contribution >= 0.6 is 0 Å². The summed E-state index contributed by atoms with van der Waals surface area (Å²) in [6.45, 7) is 4.70. The van der Waals surface area contributed by atoms with Crippen molar-refractivity contribution in [3.05, 3.63) is 0 Å². The fourth-order valence-corrected chi connectivity index (χ4v) is 5.91. The highest BCUT2D eigenvalue weighted by Crippen LogP contribution is 2.47. The van der Waals surface area contributed by atoms with Crippen molar-refractivity contribution >= 4 is 0 Å². The van der Waals surface area contributed by atoms with E-state index in [9.17, 15) is 4.39 Å². The van der Waals surface area contributed by atoms with E-state index in [-0.39, 0.29) is 0 Å². The Morgan fingerprint density at radius 2 is 1.32 bits per heavy atom. The molecule has 22 heavy (non-hydrogen) atoms. The van der Waals surface area contributed by atoms with Gasteiger partial charge >= 0.3 is 0 Å². The third-order valence-corrected chi connectivity index (χ3v) is 7.66. The number of hydrogen-bond donors (Lipinski definition) is 0. The smallest absolute Gasteiger partial charge is 0.103 e. The number of rotatable bonds is 3. The average Bonchev–Trinajstić information content (AvgIpc) is 2.56. The molecule has 0 radical (unpaired) electrons. The Bertz CT molecular complexity index is 323. The maximum Gasteiger partial charge on any atom is 0.103 e. The topological polar surface area (TPSA) is 0 Å². The zero-order valence-corrected chi connectivity index (χ0v) is 14.9. The molecule has 3 unspecified atom stereocenters. The van der Waals surface area contributed by atoms with Gasteiger partial charge in [0, 0.05) is 0 Å². The predicted molar refractivity (Wildman–Crippen MR) is 92.6 cm³/mol. The zero-order valence-electron chi connectivity index (χ0n) is 14.9. The van der Waals surface area contributed by atoms with E-state index in [2.05, 4.69) is 13.8 Å². The molecule has 3 aliphatic rings. The van der Waals surface area contributed by atoms with E-state index in [0.717, 1.165) is 24.2 Å². The molecule has 0 nitrogen and oxygen atoms in total. The molecule has 3 aliphatic carbocycles. The highest BCUT2D eigenvalue weighted by Gasteiger charge is 2.39. The van der Waals surface area contributed by atoms with Crippen molar-refractivity contribution in [2.45, 2.75) is 97.1 Å². The van der Waals surface area contributed by atoms with E-state index in [4.69, 9.17) is 0 Å². The molecule has 0 aromatic carbocycles. The first-order valence-electron chi connectivity index (χ1n) is 10.3. The lowest BCUT2D eigenvalue weighted by atomic mass is 9.64. The summed E-state index contributed by atoms with van der Waals surface area (Å²) < 4.78 is 14.9. The summed E-state index contributed by atoms with van der Waals surface area (Å²) in [4.78, 5) is 0. The normalized spacial score (nSPS) is 47.3. The molecule has 0 N–H and O–H groups in total. The average molecular weight is 309 g/mol. The summed E-state index contributed by atoms with van der Waals surface area (Å²) in [7, 11) is 0. The first kappa shape index (κ1) is 16.8. The van der Waals surface area contributed by atoms with Gasteiger partial charge in [0.2, 0.25) is 0 Å². The number of hydrogen-bond acceptors (Lipinski definition) is 0. The third kappa shape index (κ3) is 3.88.